The summed E-state index contributed by atoms with van der Waals surface area (Å²) in [5.41, 5.74) is 0.770. The number of urea groups is 1. The lowest BCUT2D eigenvalue weighted by atomic mass is 10.0. The largest absolute Gasteiger partial charge is 0.391 e. The highest BCUT2D eigenvalue weighted by Crippen LogP contribution is 2.20. The number of likely N-dealkylation sites (tertiary alicyclic amines) is 1. The lowest BCUT2D eigenvalue weighted by Crippen LogP contribution is -2.38. The SMILES string of the molecule is CNC(=O)C[C@@H]1CN(C(=O)NCc2ccncc2Cl)C[C@H]1O. The maximum atomic E-state index is 12.1. The standard InChI is InChI=1S/C14H19ClN4O3/c1-16-13(21)4-10-7-19(8-12(10)20)14(22)18-5-9-2-3-17-6-11(9)15/h2-3,6,10,12,20H,4-5,7-8H2,1H3,(H,16,21)(H,18,22)/t10-,12-/m1/s1. The molecule has 2 heterocycles. The van der Waals surface area contributed by atoms with E-state index in [-0.39, 0.29) is 37.4 Å². The number of nitrogens with one attached hydrogen (secondary N) is 2. The van der Waals surface area contributed by atoms with E-state index in [0.29, 0.717) is 11.6 Å². The Morgan fingerprint density at radius 3 is 2.95 bits per heavy atom. The van der Waals surface area contributed by atoms with Crippen molar-refractivity contribution >= 4 is 23.5 Å². The van der Waals surface area contributed by atoms with Crippen molar-refractivity contribution in [3.05, 3.63) is 29.0 Å². The molecule has 0 unspecified atom stereocenters. The fourth-order valence-corrected chi connectivity index (χ4v) is 2.58. The summed E-state index contributed by atoms with van der Waals surface area (Å²) in [6, 6.07) is 1.45. The van der Waals surface area contributed by atoms with Gasteiger partial charge in [0.15, 0.2) is 0 Å². The van der Waals surface area contributed by atoms with Crippen molar-refractivity contribution in [3.8, 4) is 0 Å². The number of rotatable bonds is 4. The molecule has 1 aliphatic rings. The van der Waals surface area contributed by atoms with E-state index in [1.165, 1.54) is 11.1 Å². The summed E-state index contributed by atoms with van der Waals surface area (Å²) in [4.78, 5) is 28.9. The lowest BCUT2D eigenvalue weighted by Gasteiger charge is -2.17. The van der Waals surface area contributed by atoms with E-state index >= 15 is 0 Å². The van der Waals surface area contributed by atoms with E-state index in [4.69, 9.17) is 11.6 Å². The number of aliphatic hydroxyl groups is 1. The van der Waals surface area contributed by atoms with Gasteiger partial charge in [0.05, 0.1) is 11.1 Å². The number of hydrogen-bond acceptors (Lipinski definition) is 4. The lowest BCUT2D eigenvalue weighted by molar-refractivity contribution is -0.122. The van der Waals surface area contributed by atoms with Crippen LogP contribution in [0.1, 0.15) is 12.0 Å². The monoisotopic (exact) mass is 326 g/mol. The molecule has 1 aliphatic heterocycles. The van der Waals surface area contributed by atoms with Gasteiger partial charge in [-0.05, 0) is 11.6 Å². The zero-order chi connectivity index (χ0) is 16.1. The number of aliphatic hydroxyl groups excluding tert-OH is 1. The van der Waals surface area contributed by atoms with Crippen LogP contribution >= 0.6 is 11.6 Å². The minimum atomic E-state index is -0.687. The molecule has 3 amide bonds. The first-order valence-corrected chi connectivity index (χ1v) is 7.39. The Bertz CT molecular complexity index is 555. The Morgan fingerprint density at radius 1 is 1.50 bits per heavy atom. The molecule has 7 nitrogen and oxygen atoms in total. The fourth-order valence-electron chi connectivity index (χ4n) is 2.39. The minimum absolute atomic E-state index is 0.144. The van der Waals surface area contributed by atoms with Crippen molar-refractivity contribution in [2.45, 2.75) is 19.1 Å². The molecule has 8 heteroatoms. The number of halogens is 1. The van der Waals surface area contributed by atoms with Crippen LogP contribution in [0.2, 0.25) is 5.02 Å². The van der Waals surface area contributed by atoms with Gasteiger partial charge >= 0.3 is 6.03 Å². The first-order chi connectivity index (χ1) is 10.5. The van der Waals surface area contributed by atoms with Crippen molar-refractivity contribution in [3.63, 3.8) is 0 Å². The molecule has 1 aromatic rings. The molecule has 0 saturated carbocycles. The Balaban J connectivity index is 1.86. The van der Waals surface area contributed by atoms with Gasteiger partial charge in [-0.15, -0.1) is 0 Å². The first kappa shape index (κ1) is 16.5. The van der Waals surface area contributed by atoms with Crippen molar-refractivity contribution in [2.24, 2.45) is 5.92 Å². The van der Waals surface area contributed by atoms with Crippen LogP contribution < -0.4 is 10.6 Å². The molecule has 0 spiro atoms. The van der Waals surface area contributed by atoms with Gasteiger partial charge in [-0.25, -0.2) is 4.79 Å². The molecule has 22 heavy (non-hydrogen) atoms. The molecule has 0 aromatic carbocycles. The molecule has 1 fully saturated rings. The van der Waals surface area contributed by atoms with Crippen LogP contribution in [0, 0.1) is 5.92 Å². The highest BCUT2D eigenvalue weighted by Gasteiger charge is 2.35. The Labute approximate surface area is 133 Å². The molecule has 3 N–H and O–H groups in total. The van der Waals surface area contributed by atoms with Gasteiger partial charge in [0.25, 0.3) is 0 Å². The second-order valence-electron chi connectivity index (χ2n) is 5.24. The molecular weight excluding hydrogens is 308 g/mol. The second-order valence-corrected chi connectivity index (χ2v) is 5.64. The number of carbonyl (C=O) groups is 2. The van der Waals surface area contributed by atoms with E-state index in [2.05, 4.69) is 15.6 Å². The summed E-state index contributed by atoms with van der Waals surface area (Å²) in [5.74, 6) is -0.384. The predicted octanol–water partition coefficient (Wildman–Crippen LogP) is 0.373. The topological polar surface area (TPSA) is 94.6 Å². The summed E-state index contributed by atoms with van der Waals surface area (Å²) in [6.07, 6.45) is 2.64. The molecule has 2 rings (SSSR count). The molecule has 1 saturated heterocycles. The van der Waals surface area contributed by atoms with Crippen LogP contribution in [0.15, 0.2) is 18.5 Å². The van der Waals surface area contributed by atoms with Gasteiger partial charge in [-0.3, -0.25) is 9.78 Å². The predicted molar refractivity (Wildman–Crippen MR) is 81.2 cm³/mol. The van der Waals surface area contributed by atoms with E-state index < -0.39 is 6.10 Å². The summed E-state index contributed by atoms with van der Waals surface area (Å²) in [5, 5.41) is 15.7. The van der Waals surface area contributed by atoms with Gasteiger partial charge in [-0.2, -0.15) is 0 Å². The van der Waals surface area contributed by atoms with Crippen molar-refractivity contribution < 1.29 is 14.7 Å². The van der Waals surface area contributed by atoms with E-state index in [0.717, 1.165) is 5.56 Å². The third kappa shape index (κ3) is 4.08. The smallest absolute Gasteiger partial charge is 0.317 e. The average molecular weight is 327 g/mol. The van der Waals surface area contributed by atoms with Crippen LogP contribution in [0.5, 0.6) is 0 Å². The number of nitrogens with zero attached hydrogens (tertiary/aromatic N) is 2. The quantitative estimate of drug-likeness (QED) is 0.745. The van der Waals surface area contributed by atoms with Gasteiger partial charge in [0.1, 0.15) is 0 Å². The number of hydrogen-bond donors (Lipinski definition) is 3. The van der Waals surface area contributed by atoms with Gasteiger partial charge in [0, 0.05) is 51.4 Å². The van der Waals surface area contributed by atoms with E-state index in [1.54, 1.807) is 19.3 Å². The van der Waals surface area contributed by atoms with E-state index in [1.807, 2.05) is 0 Å². The maximum Gasteiger partial charge on any atom is 0.317 e. The average Bonchev–Trinajstić information content (AvgIpc) is 2.87. The second kappa shape index (κ2) is 7.42. The summed E-state index contributed by atoms with van der Waals surface area (Å²) in [6.45, 7) is 0.856. The number of β-amino-alcohol motifs (C(OH)–C–C–N with tert-alkyl or cyclic N) is 1. The fraction of sp³-hybridized carbons (Fsp3) is 0.500. The zero-order valence-electron chi connectivity index (χ0n) is 12.3. The number of pyridine rings is 1. The van der Waals surface area contributed by atoms with Crippen LogP contribution in [-0.2, 0) is 11.3 Å². The van der Waals surface area contributed by atoms with E-state index in [9.17, 15) is 14.7 Å². The van der Waals surface area contributed by atoms with Crippen molar-refractivity contribution in [2.75, 3.05) is 20.1 Å². The zero-order valence-corrected chi connectivity index (χ0v) is 13.0. The molecule has 0 aliphatic carbocycles. The third-order valence-corrected chi connectivity index (χ3v) is 4.05. The molecule has 120 valence electrons. The number of carbonyl (C=O) groups excluding carboxylic acids is 2. The van der Waals surface area contributed by atoms with Crippen LogP contribution in [0.3, 0.4) is 0 Å². The number of amides is 3. The Morgan fingerprint density at radius 2 is 2.27 bits per heavy atom. The summed E-state index contributed by atoms with van der Waals surface area (Å²) in [7, 11) is 1.55. The highest BCUT2D eigenvalue weighted by molar-refractivity contribution is 6.31. The van der Waals surface area contributed by atoms with Gasteiger partial charge in [0.2, 0.25) is 5.91 Å². The van der Waals surface area contributed by atoms with Crippen molar-refractivity contribution in [1.82, 2.24) is 20.5 Å². The van der Waals surface area contributed by atoms with Gasteiger partial charge in [-0.1, -0.05) is 11.6 Å². The first-order valence-electron chi connectivity index (χ1n) is 7.01. The Hall–Kier alpha value is -1.86. The normalized spacial score (nSPS) is 20.8. The molecule has 1 aromatic heterocycles. The van der Waals surface area contributed by atoms with Crippen LogP contribution in [0.4, 0.5) is 4.79 Å². The summed E-state index contributed by atoms with van der Waals surface area (Å²) < 4.78 is 0. The molecule has 0 bridgehead atoms. The number of aromatic nitrogens is 1. The maximum absolute atomic E-state index is 12.1. The minimum Gasteiger partial charge on any atom is -0.391 e. The Kier molecular flexibility index (Phi) is 5.57. The van der Waals surface area contributed by atoms with Crippen LogP contribution in [0.25, 0.3) is 0 Å². The molecular formula is C14H19ClN4O3. The highest BCUT2D eigenvalue weighted by atomic mass is 35.5. The third-order valence-electron chi connectivity index (χ3n) is 3.71. The van der Waals surface area contributed by atoms with Gasteiger partial charge < -0.3 is 20.6 Å². The molecule has 0 radical (unpaired) electrons. The summed E-state index contributed by atoms with van der Waals surface area (Å²) >= 11 is 5.98. The molecule has 2 atom stereocenters. The van der Waals surface area contributed by atoms with Crippen LogP contribution in [-0.4, -0.2) is 53.2 Å². The van der Waals surface area contributed by atoms with Crippen molar-refractivity contribution in [1.29, 1.82) is 0 Å².